The molecule has 7 heteroatoms. The van der Waals surface area contributed by atoms with Crippen LogP contribution in [0.15, 0.2) is 0 Å². The normalized spacial score (nSPS) is 27.0. The quantitative estimate of drug-likeness (QED) is 0.665. The van der Waals surface area contributed by atoms with Crippen LogP contribution in [-0.2, 0) is 0 Å². The molecule has 0 aromatic heterocycles. The van der Waals surface area contributed by atoms with Crippen molar-refractivity contribution in [3.05, 3.63) is 0 Å². The Morgan fingerprint density at radius 1 is 1.27 bits per heavy atom. The standard InChI is InChI=1S/C8H12F5N2/c1-15-3-2-5(4-15)6(14)7(9,10)8(11,12)13/h5-6,14H,2-4H2,1H3. The summed E-state index contributed by atoms with van der Waals surface area (Å²) in [6, 6.07) is -2.40. The molecule has 15 heavy (non-hydrogen) atoms. The number of hydrogen-bond acceptors (Lipinski definition) is 1. The van der Waals surface area contributed by atoms with E-state index in [1.165, 1.54) is 0 Å². The zero-order valence-electron chi connectivity index (χ0n) is 8.11. The molecule has 2 atom stereocenters. The lowest BCUT2D eigenvalue weighted by molar-refractivity contribution is -0.294. The molecule has 0 aromatic rings. The highest BCUT2D eigenvalue weighted by molar-refractivity contribution is 4.94. The maximum absolute atomic E-state index is 12.8. The number of alkyl halides is 5. The minimum absolute atomic E-state index is 0.125. The molecule has 1 heterocycles. The van der Waals surface area contributed by atoms with Gasteiger partial charge in [0.2, 0.25) is 0 Å². The van der Waals surface area contributed by atoms with Crippen LogP contribution in [0, 0.1) is 5.92 Å². The smallest absolute Gasteiger partial charge is 0.306 e. The van der Waals surface area contributed by atoms with Crippen LogP contribution in [0.3, 0.4) is 0 Å². The number of hydrogen-bond donors (Lipinski definition) is 0. The van der Waals surface area contributed by atoms with Gasteiger partial charge in [0.1, 0.15) is 0 Å². The first-order chi connectivity index (χ1) is 6.66. The van der Waals surface area contributed by atoms with Crippen LogP contribution >= 0.6 is 0 Å². The molecule has 1 radical (unpaired) electrons. The lowest BCUT2D eigenvalue weighted by atomic mass is 9.94. The van der Waals surface area contributed by atoms with Crippen molar-refractivity contribution < 1.29 is 22.0 Å². The largest absolute Gasteiger partial charge is 0.455 e. The lowest BCUT2D eigenvalue weighted by Gasteiger charge is -2.28. The Balaban J connectivity index is 2.71. The van der Waals surface area contributed by atoms with Crippen LogP contribution < -0.4 is 5.73 Å². The predicted molar refractivity (Wildman–Crippen MR) is 43.5 cm³/mol. The zero-order chi connectivity index (χ0) is 11.9. The molecule has 0 aliphatic carbocycles. The van der Waals surface area contributed by atoms with Gasteiger partial charge in [0.15, 0.2) is 0 Å². The van der Waals surface area contributed by atoms with Gasteiger partial charge in [-0.25, -0.2) is 5.73 Å². The molecule has 0 spiro atoms. The molecule has 0 bridgehead atoms. The lowest BCUT2D eigenvalue weighted by Crippen LogP contribution is -2.51. The fourth-order valence-corrected chi connectivity index (χ4v) is 1.71. The SMILES string of the molecule is CN1CCC(C([NH])C(F)(F)C(F)(F)F)C1. The number of nitrogens with one attached hydrogen (secondary N) is 1. The average molecular weight is 231 g/mol. The molecule has 0 amide bonds. The van der Waals surface area contributed by atoms with E-state index in [2.05, 4.69) is 0 Å². The minimum atomic E-state index is -5.62. The summed E-state index contributed by atoms with van der Waals surface area (Å²) in [7, 11) is 1.64. The van der Waals surface area contributed by atoms with Crippen molar-refractivity contribution in [3.8, 4) is 0 Å². The van der Waals surface area contributed by atoms with E-state index in [1.807, 2.05) is 0 Å². The van der Waals surface area contributed by atoms with Crippen molar-refractivity contribution in [3.63, 3.8) is 0 Å². The second kappa shape index (κ2) is 3.86. The topological polar surface area (TPSA) is 27.0 Å². The highest BCUT2D eigenvalue weighted by atomic mass is 19.4. The number of nitrogens with zero attached hydrogens (tertiary/aromatic N) is 1. The van der Waals surface area contributed by atoms with E-state index < -0.39 is 24.1 Å². The highest BCUT2D eigenvalue weighted by Crippen LogP contribution is 2.41. The van der Waals surface area contributed by atoms with Crippen LogP contribution in [0.2, 0.25) is 0 Å². The highest BCUT2D eigenvalue weighted by Gasteiger charge is 2.63. The Kier molecular flexibility index (Phi) is 3.25. The van der Waals surface area contributed by atoms with Crippen molar-refractivity contribution in [1.82, 2.24) is 10.6 Å². The fourth-order valence-electron chi connectivity index (χ4n) is 1.71. The van der Waals surface area contributed by atoms with E-state index in [9.17, 15) is 22.0 Å². The first-order valence-corrected chi connectivity index (χ1v) is 4.50. The first-order valence-electron chi connectivity index (χ1n) is 4.50. The summed E-state index contributed by atoms with van der Waals surface area (Å²) in [5.41, 5.74) is 7.02. The Morgan fingerprint density at radius 2 is 1.80 bits per heavy atom. The molecule has 2 unspecified atom stereocenters. The van der Waals surface area contributed by atoms with Gasteiger partial charge in [0.25, 0.3) is 0 Å². The van der Waals surface area contributed by atoms with Crippen LogP contribution in [0.25, 0.3) is 0 Å². The second-order valence-corrected chi connectivity index (χ2v) is 3.91. The molecule has 2 nitrogen and oxygen atoms in total. The molecule has 1 saturated heterocycles. The third kappa shape index (κ3) is 2.39. The number of rotatable bonds is 2. The third-order valence-corrected chi connectivity index (χ3v) is 2.67. The van der Waals surface area contributed by atoms with Crippen molar-refractivity contribution in [2.24, 2.45) is 5.92 Å². The van der Waals surface area contributed by atoms with E-state index in [0.29, 0.717) is 6.54 Å². The molecule has 1 rings (SSSR count). The molecule has 0 saturated carbocycles. The Hall–Kier alpha value is -0.430. The number of halogens is 5. The zero-order valence-corrected chi connectivity index (χ0v) is 8.11. The van der Waals surface area contributed by atoms with Gasteiger partial charge in [-0.2, -0.15) is 22.0 Å². The van der Waals surface area contributed by atoms with E-state index in [4.69, 9.17) is 5.73 Å². The predicted octanol–water partition coefficient (Wildman–Crippen LogP) is 1.79. The molecule has 1 N–H and O–H groups in total. The Bertz CT molecular complexity index is 228. The first kappa shape index (κ1) is 12.6. The van der Waals surface area contributed by atoms with Gasteiger partial charge in [0, 0.05) is 6.54 Å². The fraction of sp³-hybridized carbons (Fsp3) is 1.00. The Labute approximate surface area is 84.2 Å². The van der Waals surface area contributed by atoms with Gasteiger partial charge in [-0.1, -0.05) is 0 Å². The summed E-state index contributed by atoms with van der Waals surface area (Å²) >= 11 is 0. The summed E-state index contributed by atoms with van der Waals surface area (Å²) in [6.07, 6.45) is -5.41. The van der Waals surface area contributed by atoms with Crippen LogP contribution in [0.1, 0.15) is 6.42 Å². The van der Waals surface area contributed by atoms with Gasteiger partial charge >= 0.3 is 12.1 Å². The maximum Gasteiger partial charge on any atom is 0.455 e. The molecule has 1 aliphatic heterocycles. The van der Waals surface area contributed by atoms with Gasteiger partial charge in [-0.3, -0.25) is 0 Å². The van der Waals surface area contributed by atoms with Gasteiger partial charge in [-0.05, 0) is 25.9 Å². The van der Waals surface area contributed by atoms with Crippen LogP contribution in [0.4, 0.5) is 22.0 Å². The van der Waals surface area contributed by atoms with Gasteiger partial charge in [-0.15, -0.1) is 0 Å². The summed E-state index contributed by atoms with van der Waals surface area (Å²) < 4.78 is 61.4. The van der Waals surface area contributed by atoms with E-state index in [0.717, 1.165) is 0 Å². The maximum atomic E-state index is 12.8. The molecule has 89 valence electrons. The molecule has 1 aliphatic rings. The average Bonchev–Trinajstić information content (AvgIpc) is 2.48. The van der Waals surface area contributed by atoms with Crippen LogP contribution in [-0.4, -0.2) is 43.2 Å². The molecule has 0 aromatic carbocycles. The van der Waals surface area contributed by atoms with Crippen LogP contribution in [0.5, 0.6) is 0 Å². The van der Waals surface area contributed by atoms with Crippen molar-refractivity contribution >= 4 is 0 Å². The third-order valence-electron chi connectivity index (χ3n) is 2.67. The Morgan fingerprint density at radius 3 is 2.13 bits per heavy atom. The summed E-state index contributed by atoms with van der Waals surface area (Å²) in [6.45, 7) is 0.591. The van der Waals surface area contributed by atoms with Gasteiger partial charge in [0.05, 0.1) is 6.04 Å². The second-order valence-electron chi connectivity index (χ2n) is 3.91. The monoisotopic (exact) mass is 231 g/mol. The van der Waals surface area contributed by atoms with E-state index >= 15 is 0 Å². The van der Waals surface area contributed by atoms with Crippen molar-refractivity contribution in [2.45, 2.75) is 24.6 Å². The minimum Gasteiger partial charge on any atom is -0.306 e. The molecular formula is C8H12F5N2. The van der Waals surface area contributed by atoms with E-state index in [-0.39, 0.29) is 13.0 Å². The summed E-state index contributed by atoms with van der Waals surface area (Å²) in [4.78, 5) is 1.65. The molecular weight excluding hydrogens is 219 g/mol. The molecule has 1 fully saturated rings. The van der Waals surface area contributed by atoms with Crippen molar-refractivity contribution in [1.29, 1.82) is 0 Å². The van der Waals surface area contributed by atoms with Crippen molar-refractivity contribution in [2.75, 3.05) is 20.1 Å². The van der Waals surface area contributed by atoms with E-state index in [1.54, 1.807) is 11.9 Å². The summed E-state index contributed by atoms with van der Waals surface area (Å²) in [5, 5.41) is 0. The van der Waals surface area contributed by atoms with Gasteiger partial charge < -0.3 is 4.90 Å². The number of likely N-dealkylation sites (tertiary alicyclic amines) is 1. The summed E-state index contributed by atoms with van der Waals surface area (Å²) in [5.74, 6) is -5.82.